The van der Waals surface area contributed by atoms with Crippen LogP contribution in [0.25, 0.3) is 0 Å². The first-order chi connectivity index (χ1) is 5.29. The van der Waals surface area contributed by atoms with Gasteiger partial charge in [0.05, 0.1) is 10.6 Å². The molecule has 0 aliphatic heterocycles. The number of rotatable bonds is 2. The van der Waals surface area contributed by atoms with Gasteiger partial charge in [0.2, 0.25) is 0 Å². The molecular weight excluding hydrogens is 162 g/mol. The van der Waals surface area contributed by atoms with Gasteiger partial charge in [-0.15, -0.1) is 0 Å². The summed E-state index contributed by atoms with van der Waals surface area (Å²) >= 11 is 5.84. The van der Waals surface area contributed by atoms with Crippen molar-refractivity contribution in [1.29, 1.82) is 0 Å². The van der Waals surface area contributed by atoms with Crippen molar-refractivity contribution < 1.29 is 4.79 Å². The highest BCUT2D eigenvalue weighted by molar-refractivity contribution is 6.33. The second-order valence-corrected chi connectivity index (χ2v) is 2.55. The molecule has 0 radical (unpaired) electrons. The maximum Gasteiger partial charge on any atom is 0.153 e. The molecule has 0 saturated heterocycles. The second kappa shape index (κ2) is 3.49. The van der Waals surface area contributed by atoms with Crippen LogP contribution in [-0.2, 0) is 6.42 Å². The van der Waals surface area contributed by atoms with E-state index in [1.165, 1.54) is 6.20 Å². The summed E-state index contributed by atoms with van der Waals surface area (Å²) in [5.74, 6) is 0. The maximum atomic E-state index is 10.4. The lowest BCUT2D eigenvalue weighted by atomic mass is 10.2. The molecule has 2 nitrogen and oxygen atoms in total. The predicted molar refractivity (Wildman–Crippen MR) is 44.0 cm³/mol. The lowest BCUT2D eigenvalue weighted by Gasteiger charge is -2.00. The highest BCUT2D eigenvalue weighted by atomic mass is 35.5. The molecule has 0 spiro atoms. The predicted octanol–water partition coefficient (Wildman–Crippen LogP) is 2.11. The molecule has 0 unspecified atom stereocenters. The zero-order valence-corrected chi connectivity index (χ0v) is 6.93. The highest BCUT2D eigenvalue weighted by Gasteiger charge is 2.02. The number of aryl methyl sites for hydroxylation is 1. The van der Waals surface area contributed by atoms with Crippen LogP contribution in [0.3, 0.4) is 0 Å². The molecule has 3 heteroatoms. The van der Waals surface area contributed by atoms with Gasteiger partial charge in [-0.25, -0.2) is 0 Å². The summed E-state index contributed by atoms with van der Waals surface area (Å²) in [4.78, 5) is 14.2. The lowest BCUT2D eigenvalue weighted by Crippen LogP contribution is -1.90. The molecule has 1 rings (SSSR count). The van der Waals surface area contributed by atoms with E-state index in [0.717, 1.165) is 12.0 Å². The molecule has 0 bridgehead atoms. The number of carbonyl (C=O) groups is 1. The van der Waals surface area contributed by atoms with Crippen molar-refractivity contribution in [2.45, 2.75) is 13.3 Å². The first-order valence-corrected chi connectivity index (χ1v) is 3.75. The fraction of sp³-hybridized carbons (Fsp3) is 0.250. The van der Waals surface area contributed by atoms with Crippen molar-refractivity contribution in [1.82, 2.24) is 4.98 Å². The van der Waals surface area contributed by atoms with E-state index in [4.69, 9.17) is 11.6 Å². The fourth-order valence-corrected chi connectivity index (χ4v) is 1.11. The number of aldehydes is 1. The Morgan fingerprint density at radius 3 is 2.91 bits per heavy atom. The molecule has 0 atom stereocenters. The van der Waals surface area contributed by atoms with E-state index in [1.54, 1.807) is 6.20 Å². The molecule has 1 aromatic rings. The number of carbonyl (C=O) groups excluding carboxylic acids is 1. The third-order valence-electron chi connectivity index (χ3n) is 1.49. The van der Waals surface area contributed by atoms with Crippen molar-refractivity contribution in [2.24, 2.45) is 0 Å². The minimum absolute atomic E-state index is 0.464. The molecule has 1 heterocycles. The molecule has 0 fully saturated rings. The summed E-state index contributed by atoms with van der Waals surface area (Å²) < 4.78 is 0. The van der Waals surface area contributed by atoms with E-state index in [2.05, 4.69) is 4.98 Å². The van der Waals surface area contributed by atoms with E-state index in [1.807, 2.05) is 6.92 Å². The molecular formula is C8H8ClNO. The lowest BCUT2D eigenvalue weighted by molar-refractivity contribution is 0.112. The zero-order valence-electron chi connectivity index (χ0n) is 6.17. The van der Waals surface area contributed by atoms with Gasteiger partial charge in [0.1, 0.15) is 0 Å². The Kier molecular flexibility index (Phi) is 2.60. The van der Waals surface area contributed by atoms with Crippen LogP contribution in [0.1, 0.15) is 22.8 Å². The van der Waals surface area contributed by atoms with E-state index < -0.39 is 0 Å². The van der Waals surface area contributed by atoms with Crippen LogP contribution >= 0.6 is 11.6 Å². The Morgan fingerprint density at radius 2 is 2.36 bits per heavy atom. The standard InChI is InChI=1S/C8H8ClNO/c1-2-6-3-10-4-7(5-11)8(6)9/h3-5H,2H2,1H3. The Hall–Kier alpha value is -0.890. The van der Waals surface area contributed by atoms with Gasteiger partial charge in [-0.1, -0.05) is 18.5 Å². The van der Waals surface area contributed by atoms with Gasteiger partial charge < -0.3 is 0 Å². The van der Waals surface area contributed by atoms with Crippen LogP contribution in [0.5, 0.6) is 0 Å². The van der Waals surface area contributed by atoms with Crippen molar-refractivity contribution in [2.75, 3.05) is 0 Å². The van der Waals surface area contributed by atoms with Gasteiger partial charge in [-0.05, 0) is 12.0 Å². The molecule has 0 aliphatic carbocycles. The monoisotopic (exact) mass is 169 g/mol. The quantitative estimate of drug-likeness (QED) is 0.635. The van der Waals surface area contributed by atoms with Crippen molar-refractivity contribution >= 4 is 17.9 Å². The summed E-state index contributed by atoms with van der Waals surface area (Å²) in [6.07, 6.45) is 4.66. The molecule has 0 amide bonds. The normalized spacial score (nSPS) is 9.64. The van der Waals surface area contributed by atoms with Crippen LogP contribution in [-0.4, -0.2) is 11.3 Å². The van der Waals surface area contributed by atoms with Crippen molar-refractivity contribution in [3.63, 3.8) is 0 Å². The number of hydrogen-bond donors (Lipinski definition) is 0. The van der Waals surface area contributed by atoms with E-state index in [-0.39, 0.29) is 0 Å². The average molecular weight is 170 g/mol. The van der Waals surface area contributed by atoms with Crippen LogP contribution in [0.15, 0.2) is 12.4 Å². The van der Waals surface area contributed by atoms with Crippen molar-refractivity contribution in [3.05, 3.63) is 28.5 Å². The average Bonchev–Trinajstić information content (AvgIpc) is 2.05. The Bertz CT molecular complexity index is 273. The highest BCUT2D eigenvalue weighted by Crippen LogP contribution is 2.18. The molecule has 0 aliphatic rings. The first-order valence-electron chi connectivity index (χ1n) is 3.37. The molecule has 0 saturated carbocycles. The van der Waals surface area contributed by atoms with Gasteiger partial charge in [0.25, 0.3) is 0 Å². The summed E-state index contributed by atoms with van der Waals surface area (Å²) in [6.45, 7) is 1.97. The molecule has 0 aromatic carbocycles. The Labute approximate surface area is 70.2 Å². The topological polar surface area (TPSA) is 30.0 Å². The third kappa shape index (κ3) is 1.57. The Morgan fingerprint density at radius 1 is 1.64 bits per heavy atom. The summed E-state index contributed by atoms with van der Waals surface area (Å²) in [6, 6.07) is 0. The van der Waals surface area contributed by atoms with Crippen LogP contribution < -0.4 is 0 Å². The van der Waals surface area contributed by atoms with Gasteiger partial charge in [-0.3, -0.25) is 9.78 Å². The summed E-state index contributed by atoms with van der Waals surface area (Å²) in [5, 5.41) is 0.525. The van der Waals surface area contributed by atoms with Gasteiger partial charge in [0.15, 0.2) is 6.29 Å². The largest absolute Gasteiger partial charge is 0.298 e. The molecule has 58 valence electrons. The molecule has 11 heavy (non-hydrogen) atoms. The molecule has 1 aromatic heterocycles. The van der Waals surface area contributed by atoms with Gasteiger partial charge in [-0.2, -0.15) is 0 Å². The maximum absolute atomic E-state index is 10.4. The number of halogens is 1. The summed E-state index contributed by atoms with van der Waals surface area (Å²) in [5.41, 5.74) is 1.38. The third-order valence-corrected chi connectivity index (χ3v) is 1.95. The van der Waals surface area contributed by atoms with Gasteiger partial charge >= 0.3 is 0 Å². The minimum Gasteiger partial charge on any atom is -0.298 e. The van der Waals surface area contributed by atoms with Gasteiger partial charge in [0, 0.05) is 12.4 Å². The second-order valence-electron chi connectivity index (χ2n) is 2.17. The van der Waals surface area contributed by atoms with Crippen LogP contribution in [0.2, 0.25) is 5.02 Å². The van der Waals surface area contributed by atoms with Crippen molar-refractivity contribution in [3.8, 4) is 0 Å². The molecule has 0 N–H and O–H groups in total. The van der Waals surface area contributed by atoms with E-state index in [9.17, 15) is 4.79 Å². The van der Waals surface area contributed by atoms with E-state index in [0.29, 0.717) is 16.9 Å². The first kappa shape index (κ1) is 8.21. The minimum atomic E-state index is 0.464. The fourth-order valence-electron chi connectivity index (χ4n) is 0.835. The number of aromatic nitrogens is 1. The number of hydrogen-bond acceptors (Lipinski definition) is 2. The SMILES string of the molecule is CCc1cncc(C=O)c1Cl. The zero-order chi connectivity index (χ0) is 8.27. The number of nitrogens with zero attached hydrogens (tertiary/aromatic N) is 1. The Balaban J connectivity index is 3.20. The number of pyridine rings is 1. The van der Waals surface area contributed by atoms with Crippen LogP contribution in [0, 0.1) is 0 Å². The smallest absolute Gasteiger partial charge is 0.153 e. The summed E-state index contributed by atoms with van der Waals surface area (Å²) in [7, 11) is 0. The van der Waals surface area contributed by atoms with E-state index >= 15 is 0 Å². The van der Waals surface area contributed by atoms with Crippen LogP contribution in [0.4, 0.5) is 0 Å².